The van der Waals surface area contributed by atoms with Crippen LogP contribution in [0.25, 0.3) is 0 Å². The highest BCUT2D eigenvalue weighted by molar-refractivity contribution is 7.80. The number of nitrogens with zero attached hydrogens (tertiary/aromatic N) is 1. The highest BCUT2D eigenvalue weighted by Crippen LogP contribution is 2.14. The Kier molecular flexibility index (Phi) is 6.61. The quantitative estimate of drug-likeness (QED) is 0.665. The molecule has 5 nitrogen and oxygen atoms in total. The van der Waals surface area contributed by atoms with E-state index in [1.54, 1.807) is 12.1 Å². The van der Waals surface area contributed by atoms with Gasteiger partial charge in [0.25, 0.3) is 5.91 Å². The molecular weight excluding hydrogens is 300 g/mol. The van der Waals surface area contributed by atoms with Crippen molar-refractivity contribution in [3.63, 3.8) is 0 Å². The second-order valence-electron chi connectivity index (χ2n) is 5.09. The number of thiocarbonyl (C=S) groups is 1. The fourth-order valence-corrected chi connectivity index (χ4v) is 2.35. The lowest BCUT2D eigenvalue weighted by Crippen LogP contribution is -2.47. The van der Waals surface area contributed by atoms with Gasteiger partial charge in [0.2, 0.25) is 0 Å². The minimum atomic E-state index is -0.211. The first-order valence-corrected chi connectivity index (χ1v) is 8.02. The van der Waals surface area contributed by atoms with Crippen LogP contribution >= 0.6 is 12.2 Å². The average Bonchev–Trinajstić information content (AvgIpc) is 2.56. The Hall–Kier alpha value is -1.66. The zero-order valence-electron chi connectivity index (χ0n) is 12.8. The minimum absolute atomic E-state index is 0.211. The van der Waals surface area contributed by atoms with E-state index in [2.05, 4.69) is 12.2 Å². The number of unbranched alkanes of at least 4 members (excludes halogenated alkanes) is 1. The molecule has 1 N–H and O–H groups in total. The first kappa shape index (κ1) is 16.7. The molecule has 0 aromatic heterocycles. The highest BCUT2D eigenvalue weighted by Gasteiger charge is 2.16. The third-order valence-corrected chi connectivity index (χ3v) is 3.74. The van der Waals surface area contributed by atoms with E-state index in [1.807, 2.05) is 17.0 Å². The molecule has 1 aromatic rings. The largest absolute Gasteiger partial charge is 0.494 e. The zero-order chi connectivity index (χ0) is 15.8. The molecule has 120 valence electrons. The first-order valence-electron chi connectivity index (χ1n) is 7.61. The van der Waals surface area contributed by atoms with Crippen LogP contribution in [0.4, 0.5) is 0 Å². The molecular formula is C16H22N2O3S. The lowest BCUT2D eigenvalue weighted by molar-refractivity contribution is 0.0669. The van der Waals surface area contributed by atoms with Crippen LogP contribution in [0.3, 0.4) is 0 Å². The van der Waals surface area contributed by atoms with Crippen molar-refractivity contribution in [1.82, 2.24) is 10.2 Å². The van der Waals surface area contributed by atoms with E-state index in [0.29, 0.717) is 49.3 Å². The third-order valence-electron chi connectivity index (χ3n) is 3.38. The number of ether oxygens (including phenoxy) is 2. The summed E-state index contributed by atoms with van der Waals surface area (Å²) < 4.78 is 10.9. The Bertz CT molecular complexity index is 516. The van der Waals surface area contributed by atoms with E-state index in [-0.39, 0.29) is 5.91 Å². The van der Waals surface area contributed by atoms with Crippen molar-refractivity contribution in [2.75, 3.05) is 32.9 Å². The molecule has 1 aliphatic rings. The van der Waals surface area contributed by atoms with Crippen LogP contribution in [0.5, 0.6) is 5.75 Å². The maximum absolute atomic E-state index is 12.3. The minimum Gasteiger partial charge on any atom is -0.494 e. The molecule has 0 spiro atoms. The number of carbonyl (C=O) groups is 1. The number of nitrogens with one attached hydrogen (secondary N) is 1. The highest BCUT2D eigenvalue weighted by atomic mass is 32.1. The summed E-state index contributed by atoms with van der Waals surface area (Å²) in [5, 5.41) is 3.22. The van der Waals surface area contributed by atoms with Crippen molar-refractivity contribution in [2.24, 2.45) is 0 Å². The molecule has 6 heteroatoms. The van der Waals surface area contributed by atoms with Crippen LogP contribution < -0.4 is 10.1 Å². The maximum atomic E-state index is 12.3. The summed E-state index contributed by atoms with van der Waals surface area (Å²) >= 11 is 5.28. The number of rotatable bonds is 5. The van der Waals surface area contributed by atoms with E-state index in [4.69, 9.17) is 21.7 Å². The van der Waals surface area contributed by atoms with Gasteiger partial charge >= 0.3 is 0 Å². The molecule has 0 saturated carbocycles. The number of benzene rings is 1. The van der Waals surface area contributed by atoms with Crippen molar-refractivity contribution in [1.29, 1.82) is 0 Å². The van der Waals surface area contributed by atoms with Crippen molar-refractivity contribution in [3.05, 3.63) is 29.8 Å². The molecule has 0 radical (unpaired) electrons. The summed E-state index contributed by atoms with van der Waals surface area (Å²) in [5.74, 6) is 0.496. The van der Waals surface area contributed by atoms with E-state index in [1.165, 1.54) is 0 Å². The number of carbonyl (C=O) groups excluding carboxylic acids is 1. The molecule has 2 rings (SSSR count). The number of amides is 1. The van der Waals surface area contributed by atoms with Gasteiger partial charge in [-0.15, -0.1) is 0 Å². The van der Waals surface area contributed by atoms with E-state index in [9.17, 15) is 4.79 Å². The van der Waals surface area contributed by atoms with Crippen LogP contribution in [0.2, 0.25) is 0 Å². The van der Waals surface area contributed by atoms with Gasteiger partial charge in [-0.2, -0.15) is 0 Å². The van der Waals surface area contributed by atoms with Gasteiger partial charge in [-0.3, -0.25) is 10.1 Å². The van der Waals surface area contributed by atoms with Crippen LogP contribution in [0, 0.1) is 0 Å². The number of hydrogen-bond acceptors (Lipinski definition) is 4. The van der Waals surface area contributed by atoms with Crippen LogP contribution in [-0.4, -0.2) is 48.8 Å². The lowest BCUT2D eigenvalue weighted by atomic mass is 10.2. The van der Waals surface area contributed by atoms with Gasteiger partial charge in [-0.05, 0) is 36.8 Å². The second kappa shape index (κ2) is 8.70. The zero-order valence-corrected chi connectivity index (χ0v) is 13.7. The van der Waals surface area contributed by atoms with E-state index < -0.39 is 0 Å². The molecule has 0 bridgehead atoms. The van der Waals surface area contributed by atoms with Crippen molar-refractivity contribution >= 4 is 23.2 Å². The third kappa shape index (κ3) is 4.96. The first-order chi connectivity index (χ1) is 10.7. The maximum Gasteiger partial charge on any atom is 0.257 e. The SMILES string of the molecule is CCCCOc1cccc(C(=O)NC(=S)N2CCOCC2)c1. The summed E-state index contributed by atoms with van der Waals surface area (Å²) in [6.45, 7) is 5.46. The molecule has 1 amide bonds. The smallest absolute Gasteiger partial charge is 0.257 e. The Labute approximate surface area is 136 Å². The van der Waals surface area contributed by atoms with Crippen molar-refractivity contribution < 1.29 is 14.3 Å². The van der Waals surface area contributed by atoms with Crippen molar-refractivity contribution in [3.8, 4) is 5.75 Å². The van der Waals surface area contributed by atoms with Crippen LogP contribution in [-0.2, 0) is 4.74 Å². The normalized spacial score (nSPS) is 14.5. The van der Waals surface area contributed by atoms with Gasteiger partial charge in [0.15, 0.2) is 5.11 Å². The lowest BCUT2D eigenvalue weighted by Gasteiger charge is -2.28. The summed E-state index contributed by atoms with van der Waals surface area (Å²) in [6, 6.07) is 7.16. The average molecular weight is 322 g/mol. The molecule has 0 atom stereocenters. The monoisotopic (exact) mass is 322 g/mol. The Morgan fingerprint density at radius 1 is 1.41 bits per heavy atom. The molecule has 1 aliphatic heterocycles. The van der Waals surface area contributed by atoms with Gasteiger partial charge in [0, 0.05) is 18.7 Å². The molecule has 0 unspecified atom stereocenters. The molecule has 1 aromatic carbocycles. The molecule has 1 fully saturated rings. The van der Waals surface area contributed by atoms with Gasteiger partial charge < -0.3 is 14.4 Å². The molecule has 0 aliphatic carbocycles. The standard InChI is InChI=1S/C16H22N2O3S/c1-2-3-9-21-14-6-4-5-13(12-14)15(19)17-16(22)18-7-10-20-11-8-18/h4-6,12H,2-3,7-11H2,1H3,(H,17,19,22). The number of morpholine rings is 1. The van der Waals surface area contributed by atoms with Gasteiger partial charge in [0.05, 0.1) is 19.8 Å². The van der Waals surface area contributed by atoms with Crippen molar-refractivity contribution in [2.45, 2.75) is 19.8 Å². The Balaban J connectivity index is 1.91. The topological polar surface area (TPSA) is 50.8 Å². The Morgan fingerprint density at radius 3 is 2.91 bits per heavy atom. The summed E-state index contributed by atoms with van der Waals surface area (Å²) in [6.07, 6.45) is 2.07. The summed E-state index contributed by atoms with van der Waals surface area (Å²) in [5.41, 5.74) is 0.546. The van der Waals surface area contributed by atoms with Gasteiger partial charge in [0.1, 0.15) is 5.75 Å². The summed E-state index contributed by atoms with van der Waals surface area (Å²) in [7, 11) is 0. The van der Waals surface area contributed by atoms with Crippen LogP contribution in [0.15, 0.2) is 24.3 Å². The predicted molar refractivity (Wildman–Crippen MR) is 89.3 cm³/mol. The molecule has 1 heterocycles. The van der Waals surface area contributed by atoms with E-state index in [0.717, 1.165) is 12.8 Å². The Morgan fingerprint density at radius 2 is 2.18 bits per heavy atom. The van der Waals surface area contributed by atoms with Gasteiger partial charge in [-0.1, -0.05) is 19.4 Å². The molecule has 1 saturated heterocycles. The van der Waals surface area contributed by atoms with Crippen LogP contribution in [0.1, 0.15) is 30.1 Å². The fraction of sp³-hybridized carbons (Fsp3) is 0.500. The molecule has 22 heavy (non-hydrogen) atoms. The number of hydrogen-bond donors (Lipinski definition) is 1. The second-order valence-corrected chi connectivity index (χ2v) is 5.48. The van der Waals surface area contributed by atoms with Gasteiger partial charge in [-0.25, -0.2) is 0 Å². The predicted octanol–water partition coefficient (Wildman–Crippen LogP) is 2.21. The van der Waals surface area contributed by atoms with E-state index >= 15 is 0 Å². The summed E-state index contributed by atoms with van der Waals surface area (Å²) in [4.78, 5) is 14.2. The fourth-order valence-electron chi connectivity index (χ4n) is 2.08.